The summed E-state index contributed by atoms with van der Waals surface area (Å²) in [6.45, 7) is 8.04. The van der Waals surface area contributed by atoms with Crippen molar-refractivity contribution in [2.24, 2.45) is 0 Å². The number of carboxylic acids is 1. The predicted molar refractivity (Wildman–Crippen MR) is 117 cm³/mol. The number of aryl methyl sites for hydroxylation is 1. The first-order chi connectivity index (χ1) is 14.6. The van der Waals surface area contributed by atoms with Crippen LogP contribution in [0.25, 0.3) is 5.69 Å². The molecule has 7 heteroatoms. The van der Waals surface area contributed by atoms with Crippen LogP contribution in [0.2, 0.25) is 0 Å². The number of hydrogen-bond donors (Lipinski definition) is 1. The van der Waals surface area contributed by atoms with Crippen LogP contribution in [0.3, 0.4) is 0 Å². The highest BCUT2D eigenvalue weighted by atomic mass is 16.6. The minimum atomic E-state index is -1.04. The van der Waals surface area contributed by atoms with E-state index < -0.39 is 17.7 Å². The van der Waals surface area contributed by atoms with Gasteiger partial charge in [-0.3, -0.25) is 4.90 Å². The number of benzene rings is 2. The normalized spacial score (nSPS) is 11.2. The highest BCUT2D eigenvalue weighted by Gasteiger charge is 2.23. The molecule has 0 aliphatic heterocycles. The molecule has 1 N–H and O–H groups in total. The van der Waals surface area contributed by atoms with Gasteiger partial charge in [0.25, 0.3) is 0 Å². The van der Waals surface area contributed by atoms with Gasteiger partial charge in [0.2, 0.25) is 0 Å². The maximum absolute atomic E-state index is 12.8. The Balaban J connectivity index is 1.82. The maximum atomic E-state index is 12.8. The van der Waals surface area contributed by atoms with Gasteiger partial charge in [0.1, 0.15) is 5.60 Å². The molecule has 1 aromatic heterocycles. The monoisotopic (exact) mass is 421 g/mol. The average Bonchev–Trinajstić information content (AvgIpc) is 3.10. The molecule has 1 heterocycles. The second-order valence-electron chi connectivity index (χ2n) is 8.38. The number of carbonyl (C=O) groups excluding carboxylic acids is 1. The summed E-state index contributed by atoms with van der Waals surface area (Å²) < 4.78 is 6.99. The van der Waals surface area contributed by atoms with Gasteiger partial charge in [-0.1, -0.05) is 42.5 Å². The molecule has 0 aliphatic carbocycles. The number of aromatic carboxylic acids is 1. The van der Waals surface area contributed by atoms with E-state index >= 15 is 0 Å². The lowest BCUT2D eigenvalue weighted by atomic mass is 10.1. The summed E-state index contributed by atoms with van der Waals surface area (Å²) in [5.74, 6) is -1.04. The second kappa shape index (κ2) is 9.04. The Bertz CT molecular complexity index is 1050. The topological polar surface area (TPSA) is 84.7 Å². The standard InChI is InChI=1S/C24H27N3O4/c1-17-14-21(22(28)29)27(25-17)20-12-10-19(11-13-20)16-26(23(30)31-24(2,3)4)15-18-8-6-5-7-9-18/h5-14H,15-16H2,1-4H3,(H,28,29). The number of carbonyl (C=O) groups is 2. The third kappa shape index (κ3) is 5.94. The fraction of sp³-hybridized carbons (Fsp3) is 0.292. The van der Waals surface area contributed by atoms with E-state index in [1.54, 1.807) is 24.0 Å². The van der Waals surface area contributed by atoms with Crippen molar-refractivity contribution in [1.29, 1.82) is 0 Å². The van der Waals surface area contributed by atoms with Gasteiger partial charge in [0.15, 0.2) is 5.69 Å². The van der Waals surface area contributed by atoms with E-state index in [2.05, 4.69) is 5.10 Å². The van der Waals surface area contributed by atoms with Crippen molar-refractivity contribution < 1.29 is 19.4 Å². The van der Waals surface area contributed by atoms with E-state index in [4.69, 9.17) is 4.74 Å². The Kier molecular flexibility index (Phi) is 6.44. The third-order valence-electron chi connectivity index (χ3n) is 4.47. The van der Waals surface area contributed by atoms with Crippen molar-refractivity contribution >= 4 is 12.1 Å². The summed E-state index contributed by atoms with van der Waals surface area (Å²) >= 11 is 0. The average molecular weight is 421 g/mol. The van der Waals surface area contributed by atoms with Crippen LogP contribution in [-0.4, -0.2) is 37.5 Å². The van der Waals surface area contributed by atoms with Crippen molar-refractivity contribution in [3.05, 3.63) is 83.2 Å². The van der Waals surface area contributed by atoms with Gasteiger partial charge < -0.3 is 9.84 Å². The van der Waals surface area contributed by atoms with E-state index in [1.165, 1.54) is 10.7 Å². The first-order valence-electron chi connectivity index (χ1n) is 10.0. The minimum Gasteiger partial charge on any atom is -0.477 e. The largest absolute Gasteiger partial charge is 0.477 e. The highest BCUT2D eigenvalue weighted by molar-refractivity contribution is 5.86. The quantitative estimate of drug-likeness (QED) is 0.617. The molecule has 0 atom stereocenters. The zero-order valence-electron chi connectivity index (χ0n) is 18.2. The van der Waals surface area contributed by atoms with E-state index in [0.717, 1.165) is 11.1 Å². The zero-order valence-corrected chi connectivity index (χ0v) is 18.2. The lowest BCUT2D eigenvalue weighted by Crippen LogP contribution is -2.36. The molecule has 0 spiro atoms. The van der Waals surface area contributed by atoms with E-state index in [9.17, 15) is 14.7 Å². The molecule has 0 unspecified atom stereocenters. The molecule has 162 valence electrons. The molecule has 3 rings (SSSR count). The number of nitrogens with zero attached hydrogens (tertiary/aromatic N) is 3. The number of hydrogen-bond acceptors (Lipinski definition) is 4. The van der Waals surface area contributed by atoms with Crippen molar-refractivity contribution in [2.45, 2.75) is 46.4 Å². The summed E-state index contributed by atoms with van der Waals surface area (Å²) in [5, 5.41) is 13.7. The fourth-order valence-corrected chi connectivity index (χ4v) is 3.13. The summed E-state index contributed by atoms with van der Waals surface area (Å²) in [5.41, 5.74) is 2.67. The van der Waals surface area contributed by atoms with Crippen molar-refractivity contribution in [1.82, 2.24) is 14.7 Å². The molecule has 0 bridgehead atoms. The number of carboxylic acid groups (broad SMARTS) is 1. The summed E-state index contributed by atoms with van der Waals surface area (Å²) in [6.07, 6.45) is -0.392. The molecule has 0 aliphatic rings. The highest BCUT2D eigenvalue weighted by Crippen LogP contribution is 2.18. The summed E-state index contributed by atoms with van der Waals surface area (Å²) in [7, 11) is 0. The second-order valence-corrected chi connectivity index (χ2v) is 8.38. The maximum Gasteiger partial charge on any atom is 0.410 e. The smallest absolute Gasteiger partial charge is 0.410 e. The lowest BCUT2D eigenvalue weighted by Gasteiger charge is -2.27. The molecule has 31 heavy (non-hydrogen) atoms. The van der Waals surface area contributed by atoms with Gasteiger partial charge in [-0.05, 0) is 57.0 Å². The van der Waals surface area contributed by atoms with Gasteiger partial charge in [-0.25, -0.2) is 14.3 Å². The van der Waals surface area contributed by atoms with E-state index in [1.807, 2.05) is 63.2 Å². The van der Waals surface area contributed by atoms with Gasteiger partial charge in [-0.2, -0.15) is 5.10 Å². The van der Waals surface area contributed by atoms with Crippen LogP contribution in [0.1, 0.15) is 48.1 Å². The van der Waals surface area contributed by atoms with Gasteiger partial charge in [0, 0.05) is 13.1 Å². The van der Waals surface area contributed by atoms with Gasteiger partial charge >= 0.3 is 12.1 Å². The Hall–Kier alpha value is -3.61. The van der Waals surface area contributed by atoms with Crippen molar-refractivity contribution in [2.75, 3.05) is 0 Å². The summed E-state index contributed by atoms with van der Waals surface area (Å²) in [6, 6.07) is 18.6. The van der Waals surface area contributed by atoms with Crippen LogP contribution in [0, 0.1) is 6.92 Å². The van der Waals surface area contributed by atoms with Crippen LogP contribution in [-0.2, 0) is 17.8 Å². The Labute approximate surface area is 181 Å². The van der Waals surface area contributed by atoms with Gasteiger partial charge in [0.05, 0.1) is 11.4 Å². The SMILES string of the molecule is Cc1cc(C(=O)O)n(-c2ccc(CN(Cc3ccccc3)C(=O)OC(C)(C)C)cc2)n1. The summed E-state index contributed by atoms with van der Waals surface area (Å²) in [4.78, 5) is 25.9. The molecule has 2 aromatic carbocycles. The number of amides is 1. The Morgan fingerprint density at radius 3 is 2.13 bits per heavy atom. The lowest BCUT2D eigenvalue weighted by molar-refractivity contribution is 0.0216. The van der Waals surface area contributed by atoms with E-state index in [0.29, 0.717) is 24.5 Å². The molecular formula is C24H27N3O4. The van der Waals surface area contributed by atoms with Crippen LogP contribution in [0.4, 0.5) is 4.79 Å². The molecule has 0 fully saturated rings. The zero-order chi connectivity index (χ0) is 22.6. The molecule has 0 radical (unpaired) electrons. The van der Waals surface area contributed by atoms with Crippen LogP contribution >= 0.6 is 0 Å². The minimum absolute atomic E-state index is 0.102. The Morgan fingerprint density at radius 1 is 1.00 bits per heavy atom. The predicted octanol–water partition coefficient (Wildman–Crippen LogP) is 4.82. The van der Waals surface area contributed by atoms with Crippen LogP contribution in [0.5, 0.6) is 0 Å². The molecule has 0 saturated carbocycles. The van der Waals surface area contributed by atoms with Crippen molar-refractivity contribution in [3.63, 3.8) is 0 Å². The molecule has 1 amide bonds. The van der Waals surface area contributed by atoms with Crippen LogP contribution < -0.4 is 0 Å². The first-order valence-corrected chi connectivity index (χ1v) is 10.0. The van der Waals surface area contributed by atoms with Gasteiger partial charge in [-0.15, -0.1) is 0 Å². The number of rotatable bonds is 6. The molecule has 0 saturated heterocycles. The van der Waals surface area contributed by atoms with Crippen LogP contribution in [0.15, 0.2) is 60.7 Å². The van der Waals surface area contributed by atoms with E-state index in [-0.39, 0.29) is 5.69 Å². The third-order valence-corrected chi connectivity index (χ3v) is 4.47. The molecule has 7 nitrogen and oxygen atoms in total. The first kappa shape index (κ1) is 22.1. The molecule has 3 aromatic rings. The number of aromatic nitrogens is 2. The Morgan fingerprint density at radius 2 is 1.58 bits per heavy atom. The number of ether oxygens (including phenoxy) is 1. The fourth-order valence-electron chi connectivity index (χ4n) is 3.13. The van der Waals surface area contributed by atoms with Crippen molar-refractivity contribution in [3.8, 4) is 5.69 Å². The molecular weight excluding hydrogens is 394 g/mol.